The van der Waals surface area contributed by atoms with Crippen molar-refractivity contribution in [2.24, 2.45) is 50.2 Å². The third-order valence-corrected chi connectivity index (χ3v) is 20.0. The van der Waals surface area contributed by atoms with Gasteiger partial charge in [0, 0.05) is 22.2 Å². The van der Waals surface area contributed by atoms with E-state index in [0.29, 0.717) is 25.9 Å². The Balaban J connectivity index is 0.972. The van der Waals surface area contributed by atoms with E-state index < -0.39 is 129 Å². The van der Waals surface area contributed by atoms with Gasteiger partial charge in [-0.05, 0) is 86.4 Å². The molecule has 0 aromatic carbocycles. The van der Waals surface area contributed by atoms with Gasteiger partial charge in [0.15, 0.2) is 18.9 Å². The van der Waals surface area contributed by atoms with Crippen LogP contribution in [0.15, 0.2) is 12.2 Å². The first-order valence-corrected chi connectivity index (χ1v) is 24.5. The molecule has 1 unspecified atom stereocenters. The van der Waals surface area contributed by atoms with Gasteiger partial charge in [-0.15, -0.1) is 0 Å². The predicted octanol–water partition coefficient (Wildman–Crippen LogP) is -0.399. The molecule has 0 aromatic heterocycles. The molecule has 2 bridgehead atoms. The molecule has 4 aliphatic heterocycles. The fourth-order valence-corrected chi connectivity index (χ4v) is 15.7. The second-order valence-corrected chi connectivity index (χ2v) is 23.8. The van der Waals surface area contributed by atoms with Gasteiger partial charge in [0.2, 0.25) is 0 Å². The molecule has 18 heteroatoms. The molecule has 0 radical (unpaired) electrons. The number of ether oxygens (including phenoxy) is 7. The summed E-state index contributed by atoms with van der Waals surface area (Å²) in [6.07, 6.45) is -13.6. The van der Waals surface area contributed by atoms with Crippen molar-refractivity contribution in [1.29, 1.82) is 0 Å². The largest absolute Gasteiger partial charge is 0.396 e. The van der Waals surface area contributed by atoms with E-state index >= 15 is 0 Å². The summed E-state index contributed by atoms with van der Waals surface area (Å²) in [5.41, 5.74) is -2.43. The number of hydrogen-bond donors (Lipinski definition) is 11. The van der Waals surface area contributed by atoms with Crippen LogP contribution in [0.1, 0.15) is 99.8 Å². The lowest BCUT2D eigenvalue weighted by molar-refractivity contribution is -0.375. The van der Waals surface area contributed by atoms with Crippen LogP contribution in [0.2, 0.25) is 0 Å². The summed E-state index contributed by atoms with van der Waals surface area (Å²) in [6, 6.07) is 0. The molecule has 5 aliphatic carbocycles. The van der Waals surface area contributed by atoms with Crippen LogP contribution >= 0.6 is 0 Å². The molecule has 378 valence electrons. The zero-order chi connectivity index (χ0) is 47.9. The van der Waals surface area contributed by atoms with Gasteiger partial charge >= 0.3 is 0 Å². The van der Waals surface area contributed by atoms with Gasteiger partial charge in [-0.2, -0.15) is 0 Å². The Morgan fingerprint density at radius 2 is 1.29 bits per heavy atom. The Hall–Kier alpha value is -0.980. The molecular weight excluding hydrogens is 865 g/mol. The monoisotopic (exact) mass is 943 g/mol. The standard InChI is InChI=1S/C48H78O18/c1-22-30(52)32(54)36(58)40(62-22)66-38-24(19-60-39-35(57)33(55)31(53)23(18-49)63-39)64-41(37(59)34(38)56)65-29-10-11-43(4)25(44(29,5)20-50)8-12-45(6)26(43)9-13-48-27-16-42(2,3)14-15-47(27,21-61-48)28(51)17-46(45,48)7/h9,13,22-41,49-59H,8,10-12,14-21H2,1-7H3/t22-,23+,24+,25+,26+,27+,28-,29-,30-,31+,32+,33-,34+,35+,36+,37+,38+,39+,40?,41-,43-,44-,45+,46-,47+,48-/m0/s1. The highest BCUT2D eigenvalue weighted by Crippen LogP contribution is 2.79. The average Bonchev–Trinajstić information content (AvgIpc) is 3.55. The fraction of sp³-hybridized carbons (Fsp3) is 0.958. The van der Waals surface area contributed by atoms with Crippen molar-refractivity contribution < 1.29 is 89.3 Å². The molecule has 9 rings (SSSR count). The van der Waals surface area contributed by atoms with Crippen LogP contribution in [0, 0.1) is 50.2 Å². The molecule has 4 saturated heterocycles. The maximum atomic E-state index is 12.2. The predicted molar refractivity (Wildman–Crippen MR) is 229 cm³/mol. The Bertz CT molecular complexity index is 1800. The number of hydrogen-bond acceptors (Lipinski definition) is 18. The van der Waals surface area contributed by atoms with Crippen molar-refractivity contribution >= 4 is 0 Å². The molecule has 11 N–H and O–H groups in total. The van der Waals surface area contributed by atoms with Crippen molar-refractivity contribution in [3.8, 4) is 0 Å². The van der Waals surface area contributed by atoms with E-state index in [1.807, 2.05) is 6.92 Å². The summed E-state index contributed by atoms with van der Waals surface area (Å²) >= 11 is 0. The first-order valence-electron chi connectivity index (χ1n) is 24.5. The highest BCUT2D eigenvalue weighted by atomic mass is 16.8. The van der Waals surface area contributed by atoms with Crippen LogP contribution in [-0.2, 0) is 33.2 Å². The van der Waals surface area contributed by atoms with Crippen molar-refractivity contribution in [3.05, 3.63) is 12.2 Å². The number of fused-ring (bicyclic) bond motifs is 4. The van der Waals surface area contributed by atoms with Gasteiger partial charge in [-0.25, -0.2) is 0 Å². The van der Waals surface area contributed by atoms with E-state index in [-0.39, 0.29) is 51.4 Å². The van der Waals surface area contributed by atoms with Crippen molar-refractivity contribution in [1.82, 2.24) is 0 Å². The Morgan fingerprint density at radius 1 is 0.636 bits per heavy atom. The van der Waals surface area contributed by atoms with E-state index in [9.17, 15) is 56.2 Å². The van der Waals surface area contributed by atoms with Crippen molar-refractivity contribution in [3.63, 3.8) is 0 Å². The first-order chi connectivity index (χ1) is 30.9. The van der Waals surface area contributed by atoms with Crippen LogP contribution in [0.3, 0.4) is 0 Å². The van der Waals surface area contributed by atoms with E-state index in [1.54, 1.807) is 0 Å². The molecule has 26 atom stereocenters. The highest BCUT2D eigenvalue weighted by molar-refractivity contribution is 5.36. The lowest BCUT2D eigenvalue weighted by Crippen LogP contribution is -2.72. The van der Waals surface area contributed by atoms with Crippen LogP contribution in [0.4, 0.5) is 0 Å². The lowest BCUT2D eigenvalue weighted by atomic mass is 9.32. The zero-order valence-corrected chi connectivity index (χ0v) is 39.5. The normalized spacial score (nSPS) is 58.8. The van der Waals surface area contributed by atoms with Crippen LogP contribution in [0.5, 0.6) is 0 Å². The van der Waals surface area contributed by atoms with Crippen LogP contribution in [-0.4, -0.2) is 193 Å². The van der Waals surface area contributed by atoms with E-state index in [4.69, 9.17) is 33.2 Å². The second kappa shape index (κ2) is 17.1. The third-order valence-electron chi connectivity index (χ3n) is 20.0. The van der Waals surface area contributed by atoms with Crippen molar-refractivity contribution in [2.45, 2.75) is 210 Å². The van der Waals surface area contributed by atoms with Gasteiger partial charge in [-0.1, -0.05) is 53.7 Å². The summed E-state index contributed by atoms with van der Waals surface area (Å²) in [7, 11) is 0. The van der Waals surface area contributed by atoms with E-state index in [2.05, 4.69) is 46.8 Å². The minimum absolute atomic E-state index is 0.0689. The molecule has 4 heterocycles. The Labute approximate surface area is 387 Å². The fourth-order valence-electron chi connectivity index (χ4n) is 15.7. The maximum absolute atomic E-state index is 12.2. The van der Waals surface area contributed by atoms with E-state index in [1.165, 1.54) is 6.92 Å². The summed E-state index contributed by atoms with van der Waals surface area (Å²) in [5, 5.41) is 120. The number of aliphatic hydroxyl groups is 11. The minimum Gasteiger partial charge on any atom is -0.396 e. The molecule has 1 spiro atoms. The SMILES string of the molecule is C[C@@H]1OC(O[C@H]2[C@H](O)[C@@H](O)[C@H](O[C@H]3CC[C@@]4(C)[C@@H](CC[C@]5(C)[C@@H]4C=C[C@]46OC[C@@]7(CCC(C)(C)C[C@H]74)[C@@H](O)C[C@]65C)[C@]3(C)CO)O[C@@H]2CO[C@@H]2O[C@H](CO)[C@@H](O)[C@H](O)[C@H]2O)[C@H](O)[C@H](O)[C@H]1O. The molecular formula is C48H78O18. The van der Waals surface area contributed by atoms with Crippen molar-refractivity contribution in [2.75, 3.05) is 26.4 Å². The van der Waals surface area contributed by atoms with Crippen LogP contribution in [0.25, 0.3) is 0 Å². The van der Waals surface area contributed by atoms with Gasteiger partial charge in [0.05, 0.1) is 50.3 Å². The zero-order valence-electron chi connectivity index (χ0n) is 39.5. The van der Waals surface area contributed by atoms with Gasteiger partial charge in [-0.3, -0.25) is 0 Å². The summed E-state index contributed by atoms with van der Waals surface area (Å²) in [5.74, 6) is 0.207. The summed E-state index contributed by atoms with van der Waals surface area (Å²) < 4.78 is 43.3. The highest BCUT2D eigenvalue weighted by Gasteiger charge is 2.79. The topological polar surface area (TPSA) is 287 Å². The quantitative estimate of drug-likeness (QED) is 0.104. The maximum Gasteiger partial charge on any atom is 0.187 e. The second-order valence-electron chi connectivity index (χ2n) is 23.8. The molecule has 0 amide bonds. The van der Waals surface area contributed by atoms with E-state index in [0.717, 1.165) is 32.1 Å². The smallest absolute Gasteiger partial charge is 0.187 e. The molecule has 0 aromatic rings. The Kier molecular flexibility index (Phi) is 12.9. The minimum atomic E-state index is -1.80. The Morgan fingerprint density at radius 3 is 1.98 bits per heavy atom. The molecule has 18 nitrogen and oxygen atoms in total. The van der Waals surface area contributed by atoms with Crippen LogP contribution < -0.4 is 0 Å². The third kappa shape index (κ3) is 7.08. The first kappa shape index (κ1) is 50.0. The number of allylic oxidation sites excluding steroid dienone is 1. The van der Waals surface area contributed by atoms with Gasteiger partial charge < -0.3 is 89.3 Å². The summed E-state index contributed by atoms with van der Waals surface area (Å²) in [4.78, 5) is 0. The molecule has 4 saturated carbocycles. The molecule has 66 heavy (non-hydrogen) atoms. The van der Waals surface area contributed by atoms with Gasteiger partial charge in [0.25, 0.3) is 0 Å². The molecule has 8 fully saturated rings. The average molecular weight is 943 g/mol. The summed E-state index contributed by atoms with van der Waals surface area (Å²) in [6.45, 7) is 14.3. The molecule has 9 aliphatic rings. The lowest BCUT2D eigenvalue weighted by Gasteiger charge is -2.73. The number of aliphatic hydroxyl groups excluding tert-OH is 11. The van der Waals surface area contributed by atoms with Gasteiger partial charge in [0.1, 0.15) is 67.1 Å². The number of rotatable bonds is 9.